The van der Waals surface area contributed by atoms with Crippen LogP contribution < -0.4 is 15.0 Å². The van der Waals surface area contributed by atoms with Crippen molar-refractivity contribution < 1.29 is 9.84 Å². The standard InChI is InChI=1S/C14H22N2O2/c1-11-4-5-13(18-3)12(8-11)16-7-6-15-9-14(2,17)10-16/h4-5,8,15,17H,6-7,9-10H2,1-3H3. The molecule has 2 rings (SSSR count). The van der Waals surface area contributed by atoms with Crippen molar-refractivity contribution in [2.24, 2.45) is 0 Å². The van der Waals surface area contributed by atoms with Crippen molar-refractivity contribution in [1.29, 1.82) is 0 Å². The summed E-state index contributed by atoms with van der Waals surface area (Å²) in [7, 11) is 1.68. The van der Waals surface area contributed by atoms with Gasteiger partial charge in [0.05, 0.1) is 18.4 Å². The molecule has 1 saturated heterocycles. The molecule has 4 nitrogen and oxygen atoms in total. The Labute approximate surface area is 109 Å². The molecule has 1 aliphatic heterocycles. The zero-order valence-corrected chi connectivity index (χ0v) is 11.4. The zero-order chi connectivity index (χ0) is 13.2. The van der Waals surface area contributed by atoms with Crippen molar-refractivity contribution in [3.63, 3.8) is 0 Å². The highest BCUT2D eigenvalue weighted by Crippen LogP contribution is 2.30. The van der Waals surface area contributed by atoms with E-state index in [1.54, 1.807) is 7.11 Å². The van der Waals surface area contributed by atoms with Crippen LogP contribution in [-0.4, -0.2) is 44.0 Å². The summed E-state index contributed by atoms with van der Waals surface area (Å²) in [5.74, 6) is 0.860. The van der Waals surface area contributed by atoms with Crippen LogP contribution in [0.25, 0.3) is 0 Å². The minimum absolute atomic E-state index is 0.611. The molecule has 1 aliphatic rings. The van der Waals surface area contributed by atoms with Gasteiger partial charge in [-0.1, -0.05) is 6.07 Å². The minimum atomic E-state index is -0.717. The van der Waals surface area contributed by atoms with Gasteiger partial charge in [0.1, 0.15) is 5.75 Å². The van der Waals surface area contributed by atoms with Crippen molar-refractivity contribution in [3.8, 4) is 5.75 Å². The molecule has 0 radical (unpaired) electrons. The second kappa shape index (κ2) is 5.16. The summed E-state index contributed by atoms with van der Waals surface area (Å²) in [5, 5.41) is 13.5. The van der Waals surface area contributed by atoms with E-state index in [1.807, 2.05) is 19.1 Å². The first-order valence-corrected chi connectivity index (χ1v) is 6.34. The molecule has 0 bridgehead atoms. The molecule has 0 aromatic heterocycles. The number of hydrogen-bond donors (Lipinski definition) is 2. The molecule has 0 spiro atoms. The minimum Gasteiger partial charge on any atom is -0.495 e. The van der Waals surface area contributed by atoms with Crippen LogP contribution in [0.3, 0.4) is 0 Å². The third-order valence-electron chi connectivity index (χ3n) is 3.27. The Morgan fingerprint density at radius 3 is 2.94 bits per heavy atom. The second-order valence-electron chi connectivity index (χ2n) is 5.27. The predicted octanol–water partition coefficient (Wildman–Crippen LogP) is 1.16. The van der Waals surface area contributed by atoms with Crippen molar-refractivity contribution in [2.45, 2.75) is 19.4 Å². The van der Waals surface area contributed by atoms with Crippen LogP contribution in [0.4, 0.5) is 5.69 Å². The Morgan fingerprint density at radius 2 is 2.22 bits per heavy atom. The number of rotatable bonds is 2. The van der Waals surface area contributed by atoms with Crippen LogP contribution in [0, 0.1) is 6.92 Å². The van der Waals surface area contributed by atoms with Gasteiger partial charge in [0.15, 0.2) is 0 Å². The molecule has 0 aliphatic carbocycles. The molecular weight excluding hydrogens is 228 g/mol. The number of aryl methyl sites for hydroxylation is 1. The number of nitrogens with zero attached hydrogens (tertiary/aromatic N) is 1. The average molecular weight is 250 g/mol. The molecule has 1 atom stereocenters. The first-order valence-electron chi connectivity index (χ1n) is 6.34. The highest BCUT2D eigenvalue weighted by atomic mass is 16.5. The Hall–Kier alpha value is -1.26. The molecule has 0 amide bonds. The normalized spacial score (nSPS) is 24.8. The fourth-order valence-corrected chi connectivity index (χ4v) is 2.37. The van der Waals surface area contributed by atoms with E-state index in [0.717, 1.165) is 24.5 Å². The Morgan fingerprint density at radius 1 is 1.44 bits per heavy atom. The van der Waals surface area contributed by atoms with Gasteiger partial charge < -0.3 is 20.1 Å². The molecule has 1 heterocycles. The number of hydrogen-bond acceptors (Lipinski definition) is 4. The number of ether oxygens (including phenoxy) is 1. The molecule has 4 heteroatoms. The number of anilines is 1. The Kier molecular flexibility index (Phi) is 3.78. The number of methoxy groups -OCH3 is 1. The lowest BCUT2D eigenvalue weighted by molar-refractivity contribution is 0.0729. The largest absolute Gasteiger partial charge is 0.495 e. The third kappa shape index (κ3) is 2.94. The summed E-state index contributed by atoms with van der Waals surface area (Å²) in [5.41, 5.74) is 1.54. The van der Waals surface area contributed by atoms with E-state index in [4.69, 9.17) is 4.74 Å². The summed E-state index contributed by atoms with van der Waals surface area (Å²) in [6.45, 7) is 6.90. The fourth-order valence-electron chi connectivity index (χ4n) is 2.37. The monoisotopic (exact) mass is 250 g/mol. The van der Waals surface area contributed by atoms with Crippen LogP contribution in [0.2, 0.25) is 0 Å². The maximum atomic E-state index is 10.3. The predicted molar refractivity (Wildman–Crippen MR) is 73.4 cm³/mol. The highest BCUT2D eigenvalue weighted by Gasteiger charge is 2.27. The van der Waals surface area contributed by atoms with Crippen LogP contribution >= 0.6 is 0 Å². The first-order chi connectivity index (χ1) is 8.52. The van der Waals surface area contributed by atoms with E-state index in [1.165, 1.54) is 5.56 Å². The van der Waals surface area contributed by atoms with Crippen LogP contribution in [0.5, 0.6) is 5.75 Å². The molecule has 1 unspecified atom stereocenters. The number of β-amino-alcohol motifs (C(OH)–C–C–N with tert-alkyl or cyclic N) is 1. The Bertz CT molecular complexity index is 418. The maximum absolute atomic E-state index is 10.3. The van der Waals surface area contributed by atoms with Gasteiger partial charge in [-0.3, -0.25) is 0 Å². The van der Waals surface area contributed by atoms with E-state index >= 15 is 0 Å². The fraction of sp³-hybridized carbons (Fsp3) is 0.571. The van der Waals surface area contributed by atoms with Crippen molar-refractivity contribution in [3.05, 3.63) is 23.8 Å². The van der Waals surface area contributed by atoms with E-state index in [-0.39, 0.29) is 0 Å². The molecule has 2 N–H and O–H groups in total. The van der Waals surface area contributed by atoms with Crippen molar-refractivity contribution in [2.75, 3.05) is 38.2 Å². The molecule has 1 aromatic carbocycles. The quantitative estimate of drug-likeness (QED) is 0.827. The second-order valence-corrected chi connectivity index (χ2v) is 5.27. The van der Waals surface area contributed by atoms with Crippen LogP contribution in [0.15, 0.2) is 18.2 Å². The van der Waals surface area contributed by atoms with Gasteiger partial charge >= 0.3 is 0 Å². The summed E-state index contributed by atoms with van der Waals surface area (Å²) in [6, 6.07) is 6.13. The molecule has 0 saturated carbocycles. The molecule has 1 aromatic rings. The van der Waals surface area contributed by atoms with Gasteiger partial charge in [-0.25, -0.2) is 0 Å². The number of aliphatic hydroxyl groups is 1. The van der Waals surface area contributed by atoms with Gasteiger partial charge in [0.25, 0.3) is 0 Å². The first kappa shape index (κ1) is 13.2. The summed E-state index contributed by atoms with van der Waals surface area (Å²) >= 11 is 0. The van der Waals surface area contributed by atoms with Gasteiger partial charge in [-0.2, -0.15) is 0 Å². The number of benzene rings is 1. The zero-order valence-electron chi connectivity index (χ0n) is 11.4. The average Bonchev–Trinajstić information content (AvgIpc) is 2.50. The van der Waals surface area contributed by atoms with E-state index in [9.17, 15) is 5.11 Å². The molecular formula is C14H22N2O2. The van der Waals surface area contributed by atoms with Gasteiger partial charge in [-0.05, 0) is 31.5 Å². The summed E-state index contributed by atoms with van der Waals surface area (Å²) < 4.78 is 5.42. The smallest absolute Gasteiger partial charge is 0.142 e. The van der Waals surface area contributed by atoms with E-state index < -0.39 is 5.60 Å². The van der Waals surface area contributed by atoms with Gasteiger partial charge in [0, 0.05) is 26.2 Å². The van der Waals surface area contributed by atoms with Crippen molar-refractivity contribution >= 4 is 5.69 Å². The summed E-state index contributed by atoms with van der Waals surface area (Å²) in [6.07, 6.45) is 0. The van der Waals surface area contributed by atoms with Gasteiger partial charge in [0.2, 0.25) is 0 Å². The topological polar surface area (TPSA) is 44.7 Å². The van der Waals surface area contributed by atoms with Crippen LogP contribution in [0.1, 0.15) is 12.5 Å². The molecule has 1 fully saturated rings. The Balaban J connectivity index is 2.31. The molecule has 18 heavy (non-hydrogen) atoms. The lowest BCUT2D eigenvalue weighted by Gasteiger charge is -2.30. The van der Waals surface area contributed by atoms with E-state index in [0.29, 0.717) is 13.1 Å². The number of nitrogens with one attached hydrogen (secondary N) is 1. The SMILES string of the molecule is COc1ccc(C)cc1N1CCNCC(C)(O)C1. The summed E-state index contributed by atoms with van der Waals surface area (Å²) in [4.78, 5) is 2.19. The lowest BCUT2D eigenvalue weighted by atomic mass is 10.1. The molecule has 100 valence electrons. The van der Waals surface area contributed by atoms with Gasteiger partial charge in [-0.15, -0.1) is 0 Å². The third-order valence-corrected chi connectivity index (χ3v) is 3.27. The maximum Gasteiger partial charge on any atom is 0.142 e. The van der Waals surface area contributed by atoms with Crippen LogP contribution in [-0.2, 0) is 0 Å². The van der Waals surface area contributed by atoms with E-state index in [2.05, 4.69) is 23.2 Å². The lowest BCUT2D eigenvalue weighted by Crippen LogP contribution is -2.43. The van der Waals surface area contributed by atoms with Crippen molar-refractivity contribution in [1.82, 2.24) is 5.32 Å². The highest BCUT2D eigenvalue weighted by molar-refractivity contribution is 5.60.